The van der Waals surface area contributed by atoms with E-state index in [4.69, 9.17) is 26.3 Å². The Morgan fingerprint density at radius 3 is 2.77 bits per heavy atom. The van der Waals surface area contributed by atoms with Gasteiger partial charge in [0, 0.05) is 29.3 Å². The van der Waals surface area contributed by atoms with Crippen LogP contribution in [0.15, 0.2) is 65.6 Å². The van der Waals surface area contributed by atoms with Gasteiger partial charge in [0.15, 0.2) is 0 Å². The van der Waals surface area contributed by atoms with Crippen molar-refractivity contribution in [2.75, 3.05) is 13.7 Å². The van der Waals surface area contributed by atoms with Crippen LogP contribution in [0.5, 0.6) is 11.5 Å². The third kappa shape index (κ3) is 4.34. The maximum absolute atomic E-state index is 12.2. The minimum Gasteiger partial charge on any atom is -0.497 e. The molecule has 0 radical (unpaired) electrons. The van der Waals surface area contributed by atoms with Crippen molar-refractivity contribution in [2.45, 2.75) is 6.54 Å². The molecule has 7 nitrogen and oxygen atoms in total. The highest BCUT2D eigenvalue weighted by Crippen LogP contribution is 2.27. The summed E-state index contributed by atoms with van der Waals surface area (Å²) in [5, 5.41) is 14.6. The van der Waals surface area contributed by atoms with Gasteiger partial charge >= 0.3 is 0 Å². The first-order chi connectivity index (χ1) is 15.1. The van der Waals surface area contributed by atoms with E-state index >= 15 is 0 Å². The minimum absolute atomic E-state index is 0.239. The number of aromatic nitrogens is 3. The highest BCUT2D eigenvalue weighted by Gasteiger charge is 2.08. The maximum Gasteiger partial charge on any atom is 0.266 e. The average Bonchev–Trinajstić information content (AvgIpc) is 2.80. The van der Waals surface area contributed by atoms with Crippen molar-refractivity contribution in [1.82, 2.24) is 14.8 Å². The van der Waals surface area contributed by atoms with Gasteiger partial charge in [-0.1, -0.05) is 17.7 Å². The molecular formula is C23H17ClN4O3. The molecule has 0 aliphatic carbocycles. The average molecular weight is 433 g/mol. The minimum atomic E-state index is -0.239. The highest BCUT2D eigenvalue weighted by molar-refractivity contribution is 6.32. The second-order valence-electron chi connectivity index (χ2n) is 6.63. The van der Waals surface area contributed by atoms with Crippen LogP contribution < -0.4 is 15.0 Å². The van der Waals surface area contributed by atoms with Crippen LogP contribution in [0, 0.1) is 11.3 Å². The van der Waals surface area contributed by atoms with Crippen LogP contribution in [-0.2, 0) is 6.54 Å². The fourth-order valence-corrected chi connectivity index (χ4v) is 3.35. The van der Waals surface area contributed by atoms with Gasteiger partial charge in [-0.2, -0.15) is 10.4 Å². The van der Waals surface area contributed by atoms with Crippen LogP contribution >= 0.6 is 11.6 Å². The summed E-state index contributed by atoms with van der Waals surface area (Å²) in [5.74, 6) is 1.38. The van der Waals surface area contributed by atoms with Crippen molar-refractivity contribution >= 4 is 22.5 Å². The molecule has 2 heterocycles. The second kappa shape index (κ2) is 8.86. The largest absolute Gasteiger partial charge is 0.497 e. The zero-order valence-electron chi connectivity index (χ0n) is 16.6. The van der Waals surface area contributed by atoms with Gasteiger partial charge in [-0.25, -0.2) is 4.68 Å². The van der Waals surface area contributed by atoms with Gasteiger partial charge in [0.25, 0.3) is 5.56 Å². The summed E-state index contributed by atoms with van der Waals surface area (Å²) in [6.45, 7) is 0.506. The topological polar surface area (TPSA) is 90.0 Å². The molecule has 0 saturated carbocycles. The molecule has 31 heavy (non-hydrogen) atoms. The Balaban J connectivity index is 1.53. The zero-order chi connectivity index (χ0) is 21.8. The van der Waals surface area contributed by atoms with Gasteiger partial charge in [-0.15, -0.1) is 0 Å². The van der Waals surface area contributed by atoms with E-state index in [9.17, 15) is 4.79 Å². The first kappa shape index (κ1) is 20.4. The van der Waals surface area contributed by atoms with E-state index in [1.54, 1.807) is 43.6 Å². The Bertz CT molecular complexity index is 1360. The number of ether oxygens (including phenoxy) is 2. The summed E-state index contributed by atoms with van der Waals surface area (Å²) in [4.78, 5) is 16.6. The van der Waals surface area contributed by atoms with Crippen molar-refractivity contribution in [3.05, 3.63) is 81.7 Å². The monoisotopic (exact) mass is 432 g/mol. The Hall–Kier alpha value is -3.89. The van der Waals surface area contributed by atoms with Crippen molar-refractivity contribution in [3.63, 3.8) is 0 Å². The number of pyridine rings is 1. The number of hydrogen-bond donors (Lipinski definition) is 0. The molecule has 154 valence electrons. The first-order valence-corrected chi connectivity index (χ1v) is 9.80. The number of halogens is 1. The molecule has 0 fully saturated rings. The number of rotatable bonds is 6. The highest BCUT2D eigenvalue weighted by atomic mass is 35.5. The number of methoxy groups -OCH3 is 1. The predicted molar refractivity (Wildman–Crippen MR) is 117 cm³/mol. The van der Waals surface area contributed by atoms with E-state index in [0.29, 0.717) is 33.3 Å². The number of hydrogen-bond acceptors (Lipinski definition) is 6. The van der Waals surface area contributed by atoms with Gasteiger partial charge in [0.1, 0.15) is 24.2 Å². The fraction of sp³-hybridized carbons (Fsp3) is 0.130. The molecule has 0 amide bonds. The third-order valence-electron chi connectivity index (χ3n) is 4.72. The molecule has 0 spiro atoms. The van der Waals surface area contributed by atoms with Gasteiger partial charge < -0.3 is 9.47 Å². The Kier molecular flexibility index (Phi) is 5.83. The van der Waals surface area contributed by atoms with Crippen LogP contribution in [-0.4, -0.2) is 28.5 Å². The van der Waals surface area contributed by atoms with Crippen molar-refractivity contribution in [1.29, 1.82) is 5.26 Å². The molecule has 0 N–H and O–H groups in total. The summed E-state index contributed by atoms with van der Waals surface area (Å²) < 4.78 is 12.5. The molecule has 0 bridgehead atoms. The van der Waals surface area contributed by atoms with Crippen LogP contribution in [0.25, 0.3) is 22.2 Å². The lowest BCUT2D eigenvalue weighted by Gasteiger charge is -2.11. The second-order valence-corrected chi connectivity index (χ2v) is 7.03. The van der Waals surface area contributed by atoms with E-state index < -0.39 is 0 Å². The fourth-order valence-electron chi connectivity index (χ4n) is 3.12. The number of benzene rings is 2. The van der Waals surface area contributed by atoms with Crippen molar-refractivity contribution in [3.8, 4) is 28.8 Å². The molecule has 0 atom stereocenters. The van der Waals surface area contributed by atoms with Crippen molar-refractivity contribution < 1.29 is 9.47 Å². The first-order valence-electron chi connectivity index (χ1n) is 9.43. The van der Waals surface area contributed by atoms with Gasteiger partial charge in [-0.3, -0.25) is 9.78 Å². The summed E-state index contributed by atoms with van der Waals surface area (Å²) in [6, 6.07) is 17.5. The van der Waals surface area contributed by atoms with E-state index in [1.807, 2.05) is 24.3 Å². The van der Waals surface area contributed by atoms with Crippen molar-refractivity contribution in [2.24, 2.45) is 0 Å². The van der Waals surface area contributed by atoms with Gasteiger partial charge in [0.05, 0.1) is 35.5 Å². The summed E-state index contributed by atoms with van der Waals surface area (Å²) >= 11 is 6.12. The number of fused-ring (bicyclic) bond motifs is 1. The molecule has 2 aromatic heterocycles. The SMILES string of the molecule is COc1ccc2c(OCCn3nc(-c4ccc(C#N)c(Cl)c4)ccc3=O)ccnc2c1. The Morgan fingerprint density at radius 1 is 1.13 bits per heavy atom. The van der Waals surface area contributed by atoms with E-state index in [1.165, 1.54) is 10.7 Å². The van der Waals surface area contributed by atoms with Crippen LogP contribution in [0.4, 0.5) is 0 Å². The normalized spacial score (nSPS) is 10.6. The third-order valence-corrected chi connectivity index (χ3v) is 5.04. The zero-order valence-corrected chi connectivity index (χ0v) is 17.3. The van der Waals surface area contributed by atoms with E-state index in [0.717, 1.165) is 10.9 Å². The number of nitriles is 1. The summed E-state index contributed by atoms with van der Waals surface area (Å²) in [5.41, 5.74) is 2.19. The molecule has 4 rings (SSSR count). The Morgan fingerprint density at radius 2 is 2.00 bits per heavy atom. The predicted octanol–water partition coefficient (Wildman–Crippen LogP) is 4.07. The summed E-state index contributed by atoms with van der Waals surface area (Å²) in [6.07, 6.45) is 1.66. The lowest BCUT2D eigenvalue weighted by molar-refractivity contribution is 0.291. The molecule has 4 aromatic rings. The van der Waals surface area contributed by atoms with E-state index in [-0.39, 0.29) is 18.7 Å². The van der Waals surface area contributed by atoms with Crippen LogP contribution in [0.3, 0.4) is 0 Å². The quantitative estimate of drug-likeness (QED) is 0.456. The molecule has 0 aliphatic rings. The van der Waals surface area contributed by atoms with Crippen LogP contribution in [0.1, 0.15) is 5.56 Å². The van der Waals surface area contributed by atoms with Crippen LogP contribution in [0.2, 0.25) is 5.02 Å². The van der Waals surface area contributed by atoms with Gasteiger partial charge in [-0.05, 0) is 36.4 Å². The standard InChI is InChI=1S/C23H17ClN4O3/c1-30-17-4-5-18-21(13-17)26-9-8-22(18)31-11-10-28-23(29)7-6-20(27-28)15-2-3-16(14-25)19(24)12-15/h2-9,12-13H,10-11H2,1H3. The maximum atomic E-state index is 12.2. The summed E-state index contributed by atoms with van der Waals surface area (Å²) in [7, 11) is 1.60. The molecule has 0 unspecified atom stereocenters. The molecule has 2 aromatic carbocycles. The van der Waals surface area contributed by atoms with Gasteiger partial charge in [0.2, 0.25) is 0 Å². The number of nitrogens with zero attached hydrogens (tertiary/aromatic N) is 4. The Labute approximate surface area is 183 Å². The molecule has 8 heteroatoms. The molecule has 0 saturated heterocycles. The molecular weight excluding hydrogens is 416 g/mol. The smallest absolute Gasteiger partial charge is 0.266 e. The van der Waals surface area contributed by atoms with E-state index in [2.05, 4.69) is 10.1 Å². The lowest BCUT2D eigenvalue weighted by atomic mass is 10.1. The molecule has 0 aliphatic heterocycles. The lowest BCUT2D eigenvalue weighted by Crippen LogP contribution is -2.25.